The maximum absolute atomic E-state index is 12.1. The summed E-state index contributed by atoms with van der Waals surface area (Å²) >= 11 is 0. The number of alkyl carbamates (subject to hydrolysis) is 1. The number of guanidine groups is 1. The third kappa shape index (κ3) is 5.73. The zero-order valence-corrected chi connectivity index (χ0v) is 14.9. The minimum Gasteiger partial charge on any atom is -0.444 e. The van der Waals surface area contributed by atoms with E-state index < -0.39 is 17.2 Å². The minimum absolute atomic E-state index is 0.402. The van der Waals surface area contributed by atoms with Crippen molar-refractivity contribution in [1.82, 2.24) is 10.2 Å². The lowest BCUT2D eigenvalue weighted by Crippen LogP contribution is -2.52. The van der Waals surface area contributed by atoms with E-state index in [1.165, 1.54) is 12.8 Å². The van der Waals surface area contributed by atoms with Gasteiger partial charge in [-0.1, -0.05) is 13.8 Å². The van der Waals surface area contributed by atoms with Gasteiger partial charge in [-0.15, -0.1) is 0 Å². The van der Waals surface area contributed by atoms with E-state index >= 15 is 0 Å². The number of ether oxygens (including phenoxy) is 1. The smallest absolute Gasteiger partial charge is 0.408 e. The molecule has 1 rings (SSSR count). The molecule has 0 heterocycles. The van der Waals surface area contributed by atoms with Gasteiger partial charge in [-0.3, -0.25) is 4.99 Å². The first kappa shape index (κ1) is 18.6. The quantitative estimate of drug-likeness (QED) is 0.583. The maximum atomic E-state index is 12.1. The van der Waals surface area contributed by atoms with Crippen LogP contribution in [0.4, 0.5) is 4.79 Å². The van der Waals surface area contributed by atoms with Crippen molar-refractivity contribution < 1.29 is 9.53 Å². The molecule has 0 unspecified atom stereocenters. The summed E-state index contributed by atoms with van der Waals surface area (Å²) in [7, 11) is 1.97. The normalized spacial score (nSPS) is 16.4. The van der Waals surface area contributed by atoms with Crippen LogP contribution in [0.15, 0.2) is 4.99 Å². The number of nitrogens with two attached hydrogens (primary N) is 1. The molecule has 0 atom stereocenters. The SMILES string of the molecule is CCC(CC)(CN=C(N)N(C)C1CC1)NC(=O)OC(C)(C)C. The van der Waals surface area contributed by atoms with Crippen LogP contribution in [0.25, 0.3) is 0 Å². The number of hydrogen-bond acceptors (Lipinski definition) is 3. The average molecular weight is 312 g/mol. The molecule has 0 aliphatic heterocycles. The molecule has 3 N–H and O–H groups in total. The zero-order valence-electron chi connectivity index (χ0n) is 14.9. The fourth-order valence-corrected chi connectivity index (χ4v) is 2.20. The van der Waals surface area contributed by atoms with Crippen LogP contribution in [0.3, 0.4) is 0 Å². The van der Waals surface area contributed by atoms with E-state index in [1.54, 1.807) is 0 Å². The first-order valence-electron chi connectivity index (χ1n) is 8.16. The summed E-state index contributed by atoms with van der Waals surface area (Å²) in [5.74, 6) is 0.541. The molecule has 1 fully saturated rings. The summed E-state index contributed by atoms with van der Waals surface area (Å²) in [5.41, 5.74) is 5.11. The molecular weight excluding hydrogens is 280 g/mol. The van der Waals surface area contributed by atoms with Gasteiger partial charge >= 0.3 is 6.09 Å². The molecule has 0 saturated heterocycles. The van der Waals surface area contributed by atoms with Crippen molar-refractivity contribution in [2.75, 3.05) is 13.6 Å². The molecule has 0 aromatic rings. The van der Waals surface area contributed by atoms with Crippen molar-refractivity contribution in [1.29, 1.82) is 0 Å². The molecule has 6 heteroatoms. The number of carbonyl (C=O) groups is 1. The number of hydrogen-bond donors (Lipinski definition) is 2. The monoisotopic (exact) mass is 312 g/mol. The molecule has 1 amide bonds. The molecule has 0 spiro atoms. The third-order valence-electron chi connectivity index (χ3n) is 4.12. The Labute approximate surface area is 134 Å². The van der Waals surface area contributed by atoms with Crippen LogP contribution >= 0.6 is 0 Å². The fraction of sp³-hybridized carbons (Fsp3) is 0.875. The van der Waals surface area contributed by atoms with Crippen molar-refractivity contribution in [2.45, 2.75) is 77.5 Å². The summed E-state index contributed by atoms with van der Waals surface area (Å²) in [6, 6.07) is 0.528. The zero-order chi connectivity index (χ0) is 17.0. The van der Waals surface area contributed by atoms with Gasteiger partial charge in [0.05, 0.1) is 12.1 Å². The number of nitrogens with zero attached hydrogens (tertiary/aromatic N) is 2. The summed E-state index contributed by atoms with van der Waals surface area (Å²) in [6.07, 6.45) is 3.49. The summed E-state index contributed by atoms with van der Waals surface area (Å²) in [5, 5.41) is 2.98. The summed E-state index contributed by atoms with van der Waals surface area (Å²) < 4.78 is 5.36. The second kappa shape index (κ2) is 7.20. The number of rotatable bonds is 6. The van der Waals surface area contributed by atoms with Crippen LogP contribution < -0.4 is 11.1 Å². The number of nitrogens with one attached hydrogen (secondary N) is 1. The standard InChI is InChI=1S/C16H32N4O2/c1-7-16(8-2,19-14(21)22-15(3,4)5)11-18-13(17)20(6)12-9-10-12/h12H,7-11H2,1-6H3,(H2,17,18)(H,19,21). The van der Waals surface area contributed by atoms with Crippen LogP contribution in [-0.2, 0) is 4.74 Å². The lowest BCUT2D eigenvalue weighted by molar-refractivity contribution is 0.0451. The highest BCUT2D eigenvalue weighted by Gasteiger charge is 2.31. The highest BCUT2D eigenvalue weighted by atomic mass is 16.6. The Hall–Kier alpha value is -1.46. The number of aliphatic imine (C=N–C) groups is 1. The number of carbonyl (C=O) groups excluding carboxylic acids is 1. The molecule has 22 heavy (non-hydrogen) atoms. The first-order chi connectivity index (χ1) is 10.1. The van der Waals surface area contributed by atoms with Gasteiger partial charge in [-0.2, -0.15) is 0 Å². The summed E-state index contributed by atoms with van der Waals surface area (Å²) in [4.78, 5) is 18.6. The van der Waals surface area contributed by atoms with E-state index in [9.17, 15) is 4.79 Å². The Balaban J connectivity index is 2.69. The van der Waals surface area contributed by atoms with Crippen molar-refractivity contribution in [3.8, 4) is 0 Å². The van der Waals surface area contributed by atoms with E-state index in [1.807, 2.05) is 46.6 Å². The van der Waals surface area contributed by atoms with Gasteiger partial charge in [0, 0.05) is 13.1 Å². The predicted molar refractivity (Wildman–Crippen MR) is 90.0 cm³/mol. The van der Waals surface area contributed by atoms with Gasteiger partial charge in [-0.05, 0) is 46.5 Å². The van der Waals surface area contributed by atoms with E-state index in [0.717, 1.165) is 12.8 Å². The molecule has 1 saturated carbocycles. The summed E-state index contributed by atoms with van der Waals surface area (Å²) in [6.45, 7) is 10.1. The van der Waals surface area contributed by atoms with Crippen LogP contribution in [0.1, 0.15) is 60.3 Å². The lowest BCUT2D eigenvalue weighted by Gasteiger charge is -2.33. The Morgan fingerprint density at radius 3 is 2.27 bits per heavy atom. The van der Waals surface area contributed by atoms with Crippen LogP contribution in [0.5, 0.6) is 0 Å². The van der Waals surface area contributed by atoms with E-state index in [-0.39, 0.29) is 0 Å². The Kier molecular flexibility index (Phi) is 6.08. The van der Waals surface area contributed by atoms with E-state index in [0.29, 0.717) is 18.5 Å². The van der Waals surface area contributed by atoms with Gasteiger partial charge < -0.3 is 20.7 Å². The average Bonchev–Trinajstić information content (AvgIpc) is 3.24. The van der Waals surface area contributed by atoms with E-state index in [4.69, 9.17) is 10.5 Å². The predicted octanol–water partition coefficient (Wildman–Crippen LogP) is 2.48. The topological polar surface area (TPSA) is 80.0 Å². The van der Waals surface area contributed by atoms with E-state index in [2.05, 4.69) is 10.3 Å². The molecule has 0 aromatic heterocycles. The third-order valence-corrected chi connectivity index (χ3v) is 4.12. The van der Waals surface area contributed by atoms with Crippen LogP contribution in [0, 0.1) is 0 Å². The highest BCUT2D eigenvalue weighted by Crippen LogP contribution is 2.25. The fourth-order valence-electron chi connectivity index (χ4n) is 2.20. The van der Waals surface area contributed by atoms with Crippen molar-refractivity contribution in [2.24, 2.45) is 10.7 Å². The van der Waals surface area contributed by atoms with Crippen molar-refractivity contribution in [3.05, 3.63) is 0 Å². The van der Waals surface area contributed by atoms with Gasteiger partial charge in [0.1, 0.15) is 5.60 Å². The maximum Gasteiger partial charge on any atom is 0.408 e. The van der Waals surface area contributed by atoms with Crippen LogP contribution in [0.2, 0.25) is 0 Å². The molecule has 0 aromatic carbocycles. The van der Waals surface area contributed by atoms with Crippen molar-refractivity contribution >= 4 is 12.1 Å². The molecule has 6 nitrogen and oxygen atoms in total. The van der Waals surface area contributed by atoms with Gasteiger partial charge in [-0.25, -0.2) is 4.79 Å². The Bertz CT molecular complexity index is 407. The molecule has 0 radical (unpaired) electrons. The van der Waals surface area contributed by atoms with Crippen molar-refractivity contribution in [3.63, 3.8) is 0 Å². The van der Waals surface area contributed by atoms with Gasteiger partial charge in [0.25, 0.3) is 0 Å². The van der Waals surface area contributed by atoms with Crippen LogP contribution in [-0.4, -0.2) is 47.7 Å². The molecule has 0 bridgehead atoms. The second-order valence-corrected chi connectivity index (χ2v) is 7.13. The highest BCUT2D eigenvalue weighted by molar-refractivity contribution is 5.78. The van der Waals surface area contributed by atoms with Gasteiger partial charge in [0.15, 0.2) is 5.96 Å². The Morgan fingerprint density at radius 2 is 1.86 bits per heavy atom. The largest absolute Gasteiger partial charge is 0.444 e. The second-order valence-electron chi connectivity index (χ2n) is 7.13. The lowest BCUT2D eigenvalue weighted by atomic mass is 9.93. The first-order valence-corrected chi connectivity index (χ1v) is 8.16. The molecule has 1 aliphatic rings. The molecule has 128 valence electrons. The van der Waals surface area contributed by atoms with Gasteiger partial charge in [0.2, 0.25) is 0 Å². The molecule has 1 aliphatic carbocycles. The Morgan fingerprint density at radius 1 is 1.32 bits per heavy atom. The molecular formula is C16H32N4O2. The minimum atomic E-state index is -0.508. The number of amides is 1.